The van der Waals surface area contributed by atoms with E-state index in [1.54, 1.807) is 12.1 Å². The third kappa shape index (κ3) is 3.16. The van der Waals surface area contributed by atoms with Gasteiger partial charge < -0.3 is 5.73 Å². The van der Waals surface area contributed by atoms with Gasteiger partial charge in [0, 0.05) is 19.1 Å². The molecule has 1 aromatic rings. The lowest BCUT2D eigenvalue weighted by molar-refractivity contribution is 0.316. The number of piperidine rings is 1. The molecule has 0 amide bonds. The third-order valence-electron chi connectivity index (χ3n) is 3.61. The van der Waals surface area contributed by atoms with E-state index >= 15 is 0 Å². The van der Waals surface area contributed by atoms with Gasteiger partial charge in [0.05, 0.1) is 4.90 Å². The molecule has 0 radical (unpaired) electrons. The summed E-state index contributed by atoms with van der Waals surface area (Å²) >= 11 is 0. The number of nitrogens with two attached hydrogens (primary N) is 1. The fraction of sp³-hybridized carbons (Fsp3) is 0.571. The van der Waals surface area contributed by atoms with Gasteiger partial charge in [0.2, 0.25) is 10.0 Å². The van der Waals surface area contributed by atoms with Crippen LogP contribution in [0.1, 0.15) is 38.2 Å². The second-order valence-corrected chi connectivity index (χ2v) is 7.43. The van der Waals surface area contributed by atoms with Crippen molar-refractivity contribution in [3.63, 3.8) is 0 Å². The van der Waals surface area contributed by atoms with Crippen LogP contribution in [0.3, 0.4) is 0 Å². The highest BCUT2D eigenvalue weighted by molar-refractivity contribution is 7.89. The Bertz CT molecular complexity index is 523. The fourth-order valence-electron chi connectivity index (χ4n) is 2.37. The molecular weight excluding hydrogens is 260 g/mol. The summed E-state index contributed by atoms with van der Waals surface area (Å²) < 4.78 is 26.5. The van der Waals surface area contributed by atoms with Crippen LogP contribution in [0.25, 0.3) is 0 Å². The molecule has 1 saturated heterocycles. The minimum atomic E-state index is -3.38. The molecule has 0 unspecified atom stereocenters. The van der Waals surface area contributed by atoms with Crippen molar-refractivity contribution in [3.8, 4) is 0 Å². The highest BCUT2D eigenvalue weighted by atomic mass is 32.2. The van der Waals surface area contributed by atoms with Gasteiger partial charge in [0.1, 0.15) is 0 Å². The van der Waals surface area contributed by atoms with E-state index in [0.29, 0.717) is 23.9 Å². The van der Waals surface area contributed by atoms with Gasteiger partial charge in [-0.2, -0.15) is 4.31 Å². The predicted octanol–water partition coefficient (Wildman–Crippen LogP) is 1.92. The van der Waals surface area contributed by atoms with Crippen LogP contribution in [-0.4, -0.2) is 31.9 Å². The monoisotopic (exact) mass is 282 g/mol. The topological polar surface area (TPSA) is 63.4 Å². The number of sulfonamides is 1. The molecule has 2 rings (SSSR count). The fourth-order valence-corrected chi connectivity index (χ4v) is 3.90. The number of rotatable bonds is 3. The van der Waals surface area contributed by atoms with Gasteiger partial charge in [0.15, 0.2) is 0 Å². The van der Waals surface area contributed by atoms with Gasteiger partial charge in [0.25, 0.3) is 0 Å². The SMILES string of the molecule is CC(C)c1ccc(S(=O)(=O)N2CCC[C@@H](N)C2)cc1. The minimum absolute atomic E-state index is 0.0431. The molecule has 1 atom stereocenters. The maximum Gasteiger partial charge on any atom is 0.243 e. The average Bonchev–Trinajstić information content (AvgIpc) is 2.39. The van der Waals surface area contributed by atoms with Gasteiger partial charge in [-0.1, -0.05) is 26.0 Å². The summed E-state index contributed by atoms with van der Waals surface area (Å²) in [4.78, 5) is 0.367. The van der Waals surface area contributed by atoms with Crippen molar-refractivity contribution in [3.05, 3.63) is 29.8 Å². The Balaban J connectivity index is 2.23. The zero-order valence-corrected chi connectivity index (χ0v) is 12.4. The van der Waals surface area contributed by atoms with Crippen molar-refractivity contribution in [2.45, 2.75) is 43.5 Å². The standard InChI is InChI=1S/C14H22N2O2S/c1-11(2)12-5-7-14(8-6-12)19(17,18)16-9-3-4-13(15)10-16/h5-8,11,13H,3-4,9-10,15H2,1-2H3/t13-/m1/s1. The summed E-state index contributed by atoms with van der Waals surface area (Å²) in [6, 6.07) is 7.14. The second-order valence-electron chi connectivity index (χ2n) is 5.49. The van der Waals surface area contributed by atoms with Crippen LogP contribution in [0.2, 0.25) is 0 Å². The minimum Gasteiger partial charge on any atom is -0.327 e. The third-order valence-corrected chi connectivity index (χ3v) is 5.48. The van der Waals surface area contributed by atoms with Crippen molar-refractivity contribution < 1.29 is 8.42 Å². The number of nitrogens with zero attached hydrogens (tertiary/aromatic N) is 1. The van der Waals surface area contributed by atoms with Gasteiger partial charge in [-0.25, -0.2) is 8.42 Å². The van der Waals surface area contributed by atoms with E-state index in [-0.39, 0.29) is 6.04 Å². The van der Waals surface area contributed by atoms with Gasteiger partial charge in [-0.05, 0) is 36.5 Å². The molecule has 1 fully saturated rings. The Hall–Kier alpha value is -0.910. The van der Waals surface area contributed by atoms with Gasteiger partial charge in [-0.15, -0.1) is 0 Å². The van der Waals surface area contributed by atoms with Crippen molar-refractivity contribution in [2.75, 3.05) is 13.1 Å². The summed E-state index contributed by atoms with van der Waals surface area (Å²) in [6.07, 6.45) is 1.74. The summed E-state index contributed by atoms with van der Waals surface area (Å²) in [5, 5.41) is 0. The number of hydrogen-bond donors (Lipinski definition) is 1. The lowest BCUT2D eigenvalue weighted by Gasteiger charge is -2.29. The van der Waals surface area contributed by atoms with E-state index in [1.807, 2.05) is 12.1 Å². The molecule has 19 heavy (non-hydrogen) atoms. The Morgan fingerprint density at radius 3 is 2.42 bits per heavy atom. The van der Waals surface area contributed by atoms with Crippen molar-refractivity contribution in [2.24, 2.45) is 5.73 Å². The lowest BCUT2D eigenvalue weighted by atomic mass is 10.0. The summed E-state index contributed by atoms with van der Waals surface area (Å²) in [5.74, 6) is 0.403. The molecule has 0 aliphatic carbocycles. The van der Waals surface area contributed by atoms with Crippen LogP contribution in [0, 0.1) is 0 Å². The Kier molecular flexibility index (Phi) is 4.28. The Morgan fingerprint density at radius 1 is 1.26 bits per heavy atom. The van der Waals surface area contributed by atoms with E-state index in [4.69, 9.17) is 5.73 Å². The highest BCUT2D eigenvalue weighted by Crippen LogP contribution is 2.22. The quantitative estimate of drug-likeness (QED) is 0.921. The molecule has 2 N–H and O–H groups in total. The van der Waals surface area contributed by atoms with Crippen molar-refractivity contribution in [1.29, 1.82) is 0 Å². The molecule has 5 heteroatoms. The van der Waals surface area contributed by atoms with Crippen LogP contribution >= 0.6 is 0 Å². The van der Waals surface area contributed by atoms with Crippen molar-refractivity contribution in [1.82, 2.24) is 4.31 Å². The van der Waals surface area contributed by atoms with E-state index in [9.17, 15) is 8.42 Å². The largest absolute Gasteiger partial charge is 0.327 e. The first-order valence-corrected chi connectivity index (χ1v) is 8.21. The molecule has 0 bridgehead atoms. The summed E-state index contributed by atoms with van der Waals surface area (Å²) in [5.41, 5.74) is 7.01. The average molecular weight is 282 g/mol. The smallest absolute Gasteiger partial charge is 0.243 e. The summed E-state index contributed by atoms with van der Waals surface area (Å²) in [7, 11) is -3.38. The van der Waals surface area contributed by atoms with Gasteiger partial charge >= 0.3 is 0 Å². The summed E-state index contributed by atoms with van der Waals surface area (Å²) in [6.45, 7) is 5.18. The normalized spacial score (nSPS) is 21.8. The first kappa shape index (κ1) is 14.5. The number of hydrogen-bond acceptors (Lipinski definition) is 3. The zero-order chi connectivity index (χ0) is 14.0. The van der Waals surface area contributed by atoms with Crippen molar-refractivity contribution >= 4 is 10.0 Å². The van der Waals surface area contributed by atoms with Crippen LogP contribution in [0.15, 0.2) is 29.2 Å². The molecular formula is C14H22N2O2S. The lowest BCUT2D eigenvalue weighted by Crippen LogP contribution is -2.45. The molecule has 0 aromatic heterocycles. The first-order chi connectivity index (χ1) is 8.91. The van der Waals surface area contributed by atoms with Crippen LogP contribution < -0.4 is 5.73 Å². The molecule has 1 aromatic carbocycles. The molecule has 1 heterocycles. The molecule has 0 saturated carbocycles. The molecule has 4 nitrogen and oxygen atoms in total. The highest BCUT2D eigenvalue weighted by Gasteiger charge is 2.28. The molecule has 1 aliphatic heterocycles. The molecule has 0 spiro atoms. The maximum atomic E-state index is 12.5. The Labute approximate surface area is 115 Å². The van der Waals surface area contributed by atoms with E-state index in [2.05, 4.69) is 13.8 Å². The van der Waals surface area contributed by atoms with Crippen LogP contribution in [0.4, 0.5) is 0 Å². The molecule has 1 aliphatic rings. The zero-order valence-electron chi connectivity index (χ0n) is 11.5. The Morgan fingerprint density at radius 2 is 1.89 bits per heavy atom. The van der Waals surface area contributed by atoms with E-state index in [0.717, 1.165) is 18.4 Å². The predicted molar refractivity (Wildman–Crippen MR) is 76.5 cm³/mol. The first-order valence-electron chi connectivity index (χ1n) is 6.77. The van der Waals surface area contributed by atoms with Gasteiger partial charge in [-0.3, -0.25) is 0 Å². The van der Waals surface area contributed by atoms with Crippen LogP contribution in [-0.2, 0) is 10.0 Å². The van der Waals surface area contributed by atoms with Crippen LogP contribution in [0.5, 0.6) is 0 Å². The number of benzene rings is 1. The van der Waals surface area contributed by atoms with E-state index < -0.39 is 10.0 Å². The maximum absolute atomic E-state index is 12.5. The molecule has 106 valence electrons. The second kappa shape index (κ2) is 5.61. The van der Waals surface area contributed by atoms with E-state index in [1.165, 1.54) is 4.31 Å².